The molecule has 0 aromatic heterocycles. The summed E-state index contributed by atoms with van der Waals surface area (Å²) in [5.41, 5.74) is 1.01. The topological polar surface area (TPSA) is 83.9 Å². The monoisotopic (exact) mass is 423 g/mol. The Morgan fingerprint density at radius 2 is 1.77 bits per heavy atom. The number of nitrogens with zero attached hydrogens (tertiary/aromatic N) is 1. The number of ether oxygens (including phenoxy) is 1. The van der Waals surface area contributed by atoms with Crippen molar-refractivity contribution in [3.05, 3.63) is 65.7 Å². The number of likely N-dealkylation sites (tertiary alicyclic amines) is 1. The highest BCUT2D eigenvalue weighted by Gasteiger charge is 2.62. The summed E-state index contributed by atoms with van der Waals surface area (Å²) >= 11 is 0. The zero-order chi connectivity index (χ0) is 22.6. The molecule has 6 nitrogen and oxygen atoms in total. The molecule has 3 atom stereocenters. The van der Waals surface area contributed by atoms with Gasteiger partial charge >= 0.3 is 5.97 Å². The van der Waals surface area contributed by atoms with Crippen LogP contribution < -0.4 is 4.74 Å². The Morgan fingerprint density at radius 3 is 2.35 bits per heavy atom. The van der Waals surface area contributed by atoms with Gasteiger partial charge in [-0.25, -0.2) is 4.79 Å². The molecule has 2 amide bonds. The average Bonchev–Trinajstić information content (AvgIpc) is 2.77. The zero-order valence-corrected chi connectivity index (χ0v) is 18.2. The first-order valence-corrected chi connectivity index (χ1v) is 10.5. The van der Waals surface area contributed by atoms with Crippen LogP contribution in [-0.4, -0.2) is 40.9 Å². The number of hydrogen-bond donors (Lipinski definition) is 1. The number of aliphatic carboxylic acids is 1. The first-order chi connectivity index (χ1) is 14.8. The molecule has 0 spiro atoms. The summed E-state index contributed by atoms with van der Waals surface area (Å²) in [6.45, 7) is 3.56. The van der Waals surface area contributed by atoms with Gasteiger partial charge in [-0.3, -0.25) is 14.5 Å². The van der Waals surface area contributed by atoms with Crippen LogP contribution in [0, 0.1) is 5.41 Å². The molecular formula is C25H29NO5. The Bertz CT molecular complexity index is 940. The first kappa shape index (κ1) is 22.5. The van der Waals surface area contributed by atoms with Crippen molar-refractivity contribution >= 4 is 17.8 Å². The molecule has 31 heavy (non-hydrogen) atoms. The van der Waals surface area contributed by atoms with Crippen LogP contribution in [0.15, 0.2) is 54.6 Å². The molecule has 164 valence electrons. The number of carbonyl (C=O) groups excluding carboxylic acids is 2. The molecule has 1 aliphatic heterocycles. The van der Waals surface area contributed by atoms with Gasteiger partial charge in [0.25, 0.3) is 0 Å². The summed E-state index contributed by atoms with van der Waals surface area (Å²) in [6, 6.07) is 16.1. The zero-order valence-electron chi connectivity index (χ0n) is 18.2. The third-order valence-electron chi connectivity index (χ3n) is 6.24. The van der Waals surface area contributed by atoms with Crippen molar-refractivity contribution < 1.29 is 24.2 Å². The van der Waals surface area contributed by atoms with E-state index in [1.807, 2.05) is 61.5 Å². The van der Waals surface area contributed by atoms with Crippen LogP contribution in [0.3, 0.4) is 0 Å². The van der Waals surface area contributed by atoms with Crippen molar-refractivity contribution in [3.8, 4) is 5.75 Å². The normalized spacial score (nSPS) is 21.3. The lowest BCUT2D eigenvalue weighted by atomic mass is 9.68. The molecule has 2 aromatic rings. The van der Waals surface area contributed by atoms with Crippen LogP contribution in [-0.2, 0) is 20.8 Å². The minimum absolute atomic E-state index is 0.0987. The van der Waals surface area contributed by atoms with Crippen molar-refractivity contribution in [2.45, 2.75) is 51.5 Å². The van der Waals surface area contributed by atoms with Crippen molar-refractivity contribution in [1.82, 2.24) is 4.90 Å². The van der Waals surface area contributed by atoms with E-state index in [0.29, 0.717) is 12.8 Å². The second-order valence-electron chi connectivity index (χ2n) is 8.44. The fourth-order valence-electron chi connectivity index (χ4n) is 4.32. The molecule has 1 heterocycles. The third-order valence-corrected chi connectivity index (χ3v) is 6.24. The van der Waals surface area contributed by atoms with E-state index in [0.717, 1.165) is 28.2 Å². The number of β-lactam (4-membered cyclic amide) rings is 1. The molecule has 0 saturated carbocycles. The fourth-order valence-corrected chi connectivity index (χ4v) is 4.32. The summed E-state index contributed by atoms with van der Waals surface area (Å²) in [5, 5.41) is 9.77. The van der Waals surface area contributed by atoms with Gasteiger partial charge in [0, 0.05) is 6.42 Å². The quantitative estimate of drug-likeness (QED) is 0.616. The number of aryl methyl sites for hydroxylation is 1. The van der Waals surface area contributed by atoms with Gasteiger partial charge in [0.2, 0.25) is 11.8 Å². The molecule has 1 fully saturated rings. The van der Waals surface area contributed by atoms with Crippen molar-refractivity contribution in [3.63, 3.8) is 0 Å². The van der Waals surface area contributed by atoms with Crippen molar-refractivity contribution in [1.29, 1.82) is 0 Å². The van der Waals surface area contributed by atoms with Gasteiger partial charge in [0.05, 0.1) is 12.5 Å². The number of carbonyl (C=O) groups is 3. The van der Waals surface area contributed by atoms with Crippen molar-refractivity contribution in [2.24, 2.45) is 5.41 Å². The summed E-state index contributed by atoms with van der Waals surface area (Å²) < 4.78 is 5.15. The smallest absolute Gasteiger partial charge is 0.328 e. The standard InChI is InChI=1S/C25H29NO5/c1-17(19-9-5-4-6-10-19)16-21(27)26-22(23(28)29)25(2,24(26)30)15-7-8-18-11-13-20(31-3)14-12-18/h4-6,9-14,17,22H,7-8,15-16H2,1-3H3,(H,28,29)/t17-,22+,25+/m0/s1. The third kappa shape index (κ3) is 4.63. The molecule has 3 rings (SSSR count). The molecule has 0 aliphatic carbocycles. The second-order valence-corrected chi connectivity index (χ2v) is 8.44. The summed E-state index contributed by atoms with van der Waals surface area (Å²) in [5.74, 6) is -1.28. The van der Waals surface area contributed by atoms with Crippen LogP contribution in [0.1, 0.15) is 50.2 Å². The van der Waals surface area contributed by atoms with E-state index in [9.17, 15) is 19.5 Å². The van der Waals surface area contributed by atoms with E-state index < -0.39 is 23.3 Å². The highest BCUT2D eigenvalue weighted by Crippen LogP contribution is 2.44. The molecule has 0 bridgehead atoms. The van der Waals surface area contributed by atoms with Gasteiger partial charge in [0.15, 0.2) is 6.04 Å². The van der Waals surface area contributed by atoms with Gasteiger partial charge in [-0.1, -0.05) is 49.4 Å². The van der Waals surface area contributed by atoms with Crippen LogP contribution in [0.5, 0.6) is 5.75 Å². The first-order valence-electron chi connectivity index (χ1n) is 10.5. The number of carboxylic acids is 1. The highest BCUT2D eigenvalue weighted by molar-refractivity contribution is 6.10. The van der Waals surface area contributed by atoms with E-state index >= 15 is 0 Å². The van der Waals surface area contributed by atoms with Crippen LogP contribution >= 0.6 is 0 Å². The number of hydrogen-bond acceptors (Lipinski definition) is 4. The number of methoxy groups -OCH3 is 1. The minimum atomic E-state index is -1.13. The van der Waals surface area contributed by atoms with Gasteiger partial charge in [-0.05, 0) is 55.4 Å². The van der Waals surface area contributed by atoms with Crippen LogP contribution in [0.2, 0.25) is 0 Å². The summed E-state index contributed by atoms with van der Waals surface area (Å²) in [4.78, 5) is 38.6. The van der Waals surface area contributed by atoms with Crippen molar-refractivity contribution in [2.75, 3.05) is 7.11 Å². The number of carboxylic acid groups (broad SMARTS) is 1. The van der Waals surface area contributed by atoms with Crippen LogP contribution in [0.4, 0.5) is 0 Å². The number of imide groups is 1. The second kappa shape index (κ2) is 9.33. The lowest BCUT2D eigenvalue weighted by molar-refractivity contribution is -0.188. The number of amides is 2. The molecule has 1 saturated heterocycles. The highest BCUT2D eigenvalue weighted by atomic mass is 16.5. The molecular weight excluding hydrogens is 394 g/mol. The molecule has 0 unspecified atom stereocenters. The molecule has 1 N–H and O–H groups in total. The maximum atomic E-state index is 12.9. The lowest BCUT2D eigenvalue weighted by Gasteiger charge is -2.51. The summed E-state index contributed by atoms with van der Waals surface area (Å²) in [6.07, 6.45) is 1.88. The SMILES string of the molecule is COc1ccc(CCC[C@@]2(C)C(=O)N(C(=O)C[C@H](C)c3ccccc3)[C@@H]2C(=O)O)cc1. The fraction of sp³-hybridized carbons (Fsp3) is 0.400. The molecule has 6 heteroatoms. The van der Waals surface area contributed by atoms with E-state index in [1.54, 1.807) is 14.0 Å². The Labute approximate surface area is 182 Å². The molecule has 0 radical (unpaired) electrons. The van der Waals surface area contributed by atoms with E-state index in [1.165, 1.54) is 0 Å². The maximum Gasteiger partial charge on any atom is 0.328 e. The molecule has 1 aliphatic rings. The van der Waals surface area contributed by atoms with E-state index in [2.05, 4.69) is 0 Å². The molecule has 2 aromatic carbocycles. The van der Waals surface area contributed by atoms with Gasteiger partial charge < -0.3 is 9.84 Å². The van der Waals surface area contributed by atoms with Crippen LogP contribution in [0.25, 0.3) is 0 Å². The lowest BCUT2D eigenvalue weighted by Crippen LogP contribution is -2.72. The summed E-state index contributed by atoms with van der Waals surface area (Å²) in [7, 11) is 1.61. The van der Waals surface area contributed by atoms with E-state index in [-0.39, 0.29) is 18.2 Å². The number of rotatable bonds is 9. The predicted octanol–water partition coefficient (Wildman–Crippen LogP) is 4.04. The predicted molar refractivity (Wildman–Crippen MR) is 117 cm³/mol. The Balaban J connectivity index is 1.63. The Kier molecular flexibility index (Phi) is 6.78. The largest absolute Gasteiger partial charge is 0.497 e. The minimum Gasteiger partial charge on any atom is -0.497 e. The average molecular weight is 424 g/mol. The van der Waals surface area contributed by atoms with Gasteiger partial charge in [0.1, 0.15) is 5.75 Å². The Morgan fingerprint density at radius 1 is 1.13 bits per heavy atom. The Hall–Kier alpha value is -3.15. The number of benzene rings is 2. The van der Waals surface area contributed by atoms with E-state index in [4.69, 9.17) is 4.74 Å². The van der Waals surface area contributed by atoms with Gasteiger partial charge in [-0.2, -0.15) is 0 Å². The van der Waals surface area contributed by atoms with Gasteiger partial charge in [-0.15, -0.1) is 0 Å². The maximum absolute atomic E-state index is 12.9.